The van der Waals surface area contributed by atoms with Crippen molar-refractivity contribution in [3.8, 4) is 17.1 Å². The first kappa shape index (κ1) is 22.6. The van der Waals surface area contributed by atoms with Gasteiger partial charge in [-0.05, 0) is 49.6 Å². The van der Waals surface area contributed by atoms with Crippen LogP contribution in [-0.2, 0) is 0 Å². The third-order valence-electron chi connectivity index (χ3n) is 5.60. The summed E-state index contributed by atoms with van der Waals surface area (Å²) >= 11 is 12.0. The molecule has 0 bridgehead atoms. The summed E-state index contributed by atoms with van der Waals surface area (Å²) in [5.74, 6) is -0.0979. The number of hydrogen-bond donors (Lipinski definition) is 1. The van der Waals surface area contributed by atoms with Crippen molar-refractivity contribution in [3.63, 3.8) is 0 Å². The Morgan fingerprint density at radius 1 is 1.19 bits per heavy atom. The molecule has 2 aromatic carbocycles. The second-order valence-corrected chi connectivity index (χ2v) is 8.54. The van der Waals surface area contributed by atoms with E-state index in [0.29, 0.717) is 40.0 Å². The van der Waals surface area contributed by atoms with E-state index in [1.54, 1.807) is 37.4 Å². The minimum atomic E-state index is -0.942. The van der Waals surface area contributed by atoms with Crippen LogP contribution in [0.1, 0.15) is 29.8 Å². The van der Waals surface area contributed by atoms with E-state index in [9.17, 15) is 14.3 Å². The summed E-state index contributed by atoms with van der Waals surface area (Å²) in [7, 11) is 1.61. The Bertz CT molecular complexity index is 1120. The van der Waals surface area contributed by atoms with E-state index < -0.39 is 30.0 Å². The smallest absolute Gasteiger partial charge is 0.276 e. The number of rotatable bonds is 5. The van der Waals surface area contributed by atoms with Crippen LogP contribution in [0.15, 0.2) is 53.1 Å². The molecule has 9 heteroatoms. The fraction of sp³-hybridized carbons (Fsp3) is 0.304. The maximum absolute atomic E-state index is 13.5. The Balaban J connectivity index is 1.47. The monoisotopic (exact) mass is 478 g/mol. The fourth-order valence-electron chi connectivity index (χ4n) is 3.88. The van der Waals surface area contributed by atoms with E-state index >= 15 is 0 Å². The van der Waals surface area contributed by atoms with Crippen LogP contribution in [0.5, 0.6) is 5.75 Å². The van der Waals surface area contributed by atoms with Gasteiger partial charge in [-0.25, -0.2) is 4.39 Å². The van der Waals surface area contributed by atoms with Crippen molar-refractivity contribution < 1.29 is 23.6 Å². The van der Waals surface area contributed by atoms with E-state index in [4.69, 9.17) is 32.5 Å². The molecule has 32 heavy (non-hydrogen) atoms. The van der Waals surface area contributed by atoms with Gasteiger partial charge in [-0.1, -0.05) is 34.4 Å². The van der Waals surface area contributed by atoms with Crippen molar-refractivity contribution in [1.29, 1.82) is 0 Å². The van der Waals surface area contributed by atoms with Gasteiger partial charge in [0.1, 0.15) is 23.8 Å². The first-order valence-corrected chi connectivity index (χ1v) is 10.9. The molecule has 6 nitrogen and oxygen atoms in total. The highest BCUT2D eigenvalue weighted by atomic mass is 35.5. The first-order valence-electron chi connectivity index (χ1n) is 10.1. The topological polar surface area (TPSA) is 75.8 Å². The summed E-state index contributed by atoms with van der Waals surface area (Å²) in [5, 5.41) is 15.5. The molecule has 1 heterocycles. The minimum absolute atomic E-state index is 0.106. The molecule has 1 amide bonds. The van der Waals surface area contributed by atoms with E-state index in [1.165, 1.54) is 23.1 Å². The normalized spacial score (nSPS) is 20.7. The van der Waals surface area contributed by atoms with Crippen molar-refractivity contribution in [1.82, 2.24) is 10.1 Å². The second kappa shape index (κ2) is 9.48. The van der Waals surface area contributed by atoms with Gasteiger partial charge in [-0.15, -0.1) is 0 Å². The molecule has 1 aliphatic rings. The van der Waals surface area contributed by atoms with Gasteiger partial charge in [0.2, 0.25) is 0 Å². The fourth-order valence-corrected chi connectivity index (χ4v) is 4.17. The number of amides is 1. The third kappa shape index (κ3) is 4.75. The molecule has 1 N–H and O–H groups in total. The van der Waals surface area contributed by atoms with Crippen molar-refractivity contribution in [2.24, 2.45) is 0 Å². The average Bonchev–Trinajstić information content (AvgIpc) is 3.26. The lowest BCUT2D eigenvalue weighted by atomic mass is 9.88. The van der Waals surface area contributed by atoms with Gasteiger partial charge in [0, 0.05) is 24.7 Å². The second-order valence-electron chi connectivity index (χ2n) is 7.72. The van der Waals surface area contributed by atoms with Gasteiger partial charge in [0.25, 0.3) is 5.91 Å². The lowest BCUT2D eigenvalue weighted by Gasteiger charge is -2.39. The molecule has 1 aromatic heterocycles. The maximum atomic E-state index is 13.5. The predicted octanol–water partition coefficient (Wildman–Crippen LogP) is 5.22. The molecule has 3 aromatic rings. The zero-order valence-electron chi connectivity index (χ0n) is 17.2. The number of halogens is 3. The number of hydrogen-bond acceptors (Lipinski definition) is 5. The van der Waals surface area contributed by atoms with Crippen LogP contribution in [0, 0.1) is 5.82 Å². The molecule has 4 rings (SSSR count). The predicted molar refractivity (Wildman–Crippen MR) is 119 cm³/mol. The van der Waals surface area contributed by atoms with Crippen molar-refractivity contribution in [2.75, 3.05) is 7.05 Å². The van der Waals surface area contributed by atoms with Crippen LogP contribution >= 0.6 is 23.2 Å². The molecule has 1 fully saturated rings. The maximum Gasteiger partial charge on any atom is 0.276 e. The SMILES string of the molecule is CN(C(=O)c1cc(-c2ccc(Cl)c(Cl)c2)on1)[C@@H]1CCC[C@@H](Oc2cccc(F)c2)[C@@H]1O. The summed E-state index contributed by atoms with van der Waals surface area (Å²) in [6.07, 6.45) is 0.440. The van der Waals surface area contributed by atoms with E-state index in [-0.39, 0.29) is 5.69 Å². The number of ether oxygens (including phenoxy) is 1. The summed E-state index contributed by atoms with van der Waals surface area (Å²) in [4.78, 5) is 14.5. The highest BCUT2D eigenvalue weighted by molar-refractivity contribution is 6.42. The number of carbonyl (C=O) groups is 1. The van der Waals surface area contributed by atoms with Crippen molar-refractivity contribution in [3.05, 3.63) is 70.1 Å². The molecule has 0 aliphatic heterocycles. The largest absolute Gasteiger partial charge is 0.488 e. The lowest BCUT2D eigenvalue weighted by Crippen LogP contribution is -2.53. The van der Waals surface area contributed by atoms with Gasteiger partial charge in [-0.3, -0.25) is 4.79 Å². The third-order valence-corrected chi connectivity index (χ3v) is 6.34. The number of carbonyl (C=O) groups excluding carboxylic acids is 1. The highest BCUT2D eigenvalue weighted by Crippen LogP contribution is 2.31. The number of nitrogens with zero attached hydrogens (tertiary/aromatic N) is 2. The Kier molecular flexibility index (Phi) is 6.69. The molecular weight excluding hydrogens is 458 g/mol. The van der Waals surface area contributed by atoms with Gasteiger partial charge in [-0.2, -0.15) is 0 Å². The number of aromatic nitrogens is 1. The Hall–Kier alpha value is -2.61. The standard InChI is InChI=1S/C23H21Cl2FN2O4/c1-28(19-6-3-7-20(22(19)29)31-15-5-2-4-14(26)11-15)23(30)18-12-21(32-27-18)13-8-9-16(24)17(25)10-13/h2,4-5,8-12,19-20,22,29H,3,6-7H2,1H3/t19-,20-,22-/m1/s1. The molecule has 0 spiro atoms. The van der Waals surface area contributed by atoms with E-state index in [2.05, 4.69) is 5.16 Å². The Morgan fingerprint density at radius 3 is 2.75 bits per heavy atom. The van der Waals surface area contributed by atoms with Gasteiger partial charge in [0.15, 0.2) is 11.5 Å². The highest BCUT2D eigenvalue weighted by Gasteiger charge is 2.38. The number of aliphatic hydroxyl groups is 1. The molecule has 3 atom stereocenters. The zero-order chi connectivity index (χ0) is 22.8. The average molecular weight is 479 g/mol. The minimum Gasteiger partial charge on any atom is -0.488 e. The first-order chi connectivity index (χ1) is 15.3. The zero-order valence-corrected chi connectivity index (χ0v) is 18.7. The van der Waals surface area contributed by atoms with Gasteiger partial charge < -0.3 is 19.3 Å². The molecule has 1 aliphatic carbocycles. The summed E-state index contributed by atoms with van der Waals surface area (Å²) in [6.45, 7) is 0. The van der Waals surface area contributed by atoms with Crippen LogP contribution in [-0.4, -0.2) is 46.4 Å². The summed E-state index contributed by atoms with van der Waals surface area (Å²) in [6, 6.07) is 11.8. The molecule has 0 radical (unpaired) electrons. The number of benzene rings is 2. The molecule has 0 unspecified atom stereocenters. The quantitative estimate of drug-likeness (QED) is 0.543. The van der Waals surface area contributed by atoms with Crippen LogP contribution in [0.2, 0.25) is 10.0 Å². The van der Waals surface area contributed by atoms with Gasteiger partial charge in [0.05, 0.1) is 16.1 Å². The van der Waals surface area contributed by atoms with Crippen LogP contribution < -0.4 is 4.74 Å². The molecule has 0 saturated heterocycles. The number of aliphatic hydroxyl groups excluding tert-OH is 1. The van der Waals surface area contributed by atoms with Gasteiger partial charge >= 0.3 is 0 Å². The van der Waals surface area contributed by atoms with Crippen LogP contribution in [0.3, 0.4) is 0 Å². The Labute approximate surface area is 194 Å². The van der Waals surface area contributed by atoms with Crippen LogP contribution in [0.25, 0.3) is 11.3 Å². The van der Waals surface area contributed by atoms with E-state index in [1.807, 2.05) is 0 Å². The lowest BCUT2D eigenvalue weighted by molar-refractivity contribution is -0.0415. The summed E-state index contributed by atoms with van der Waals surface area (Å²) in [5.41, 5.74) is 0.740. The van der Waals surface area contributed by atoms with Crippen molar-refractivity contribution >= 4 is 29.1 Å². The van der Waals surface area contributed by atoms with Crippen molar-refractivity contribution in [2.45, 2.75) is 37.5 Å². The van der Waals surface area contributed by atoms with E-state index in [0.717, 1.165) is 6.42 Å². The Morgan fingerprint density at radius 2 is 2.00 bits per heavy atom. The molecular formula is C23H21Cl2FN2O4. The van der Waals surface area contributed by atoms with Crippen LogP contribution in [0.4, 0.5) is 4.39 Å². The summed E-state index contributed by atoms with van der Waals surface area (Å²) < 4.78 is 24.6. The molecule has 1 saturated carbocycles. The number of likely N-dealkylation sites (N-methyl/N-ethyl adjacent to an activating group) is 1. The molecule has 168 valence electrons.